The molecule has 0 atom stereocenters. The van der Waals surface area contributed by atoms with Crippen LogP contribution in [0.2, 0.25) is 0 Å². The van der Waals surface area contributed by atoms with Gasteiger partial charge in [0.05, 0.1) is 5.41 Å². The van der Waals surface area contributed by atoms with Crippen LogP contribution in [0, 0.1) is 0 Å². The summed E-state index contributed by atoms with van der Waals surface area (Å²) in [5, 5.41) is 2.95. The Labute approximate surface area is 104 Å². The first-order valence-electron chi connectivity index (χ1n) is 5.31. The Bertz CT molecular complexity index is 455. The van der Waals surface area contributed by atoms with Gasteiger partial charge in [-0.2, -0.15) is 0 Å². The Morgan fingerprint density at radius 1 is 1.44 bits per heavy atom. The van der Waals surface area contributed by atoms with Crippen molar-refractivity contribution in [2.45, 2.75) is 25.7 Å². The van der Waals surface area contributed by atoms with E-state index in [2.05, 4.69) is 21.2 Å². The van der Waals surface area contributed by atoms with Gasteiger partial charge < -0.3 is 11.1 Å². The van der Waals surface area contributed by atoms with Gasteiger partial charge in [-0.1, -0.05) is 15.9 Å². The van der Waals surface area contributed by atoms with Crippen molar-refractivity contribution >= 4 is 27.5 Å². The van der Waals surface area contributed by atoms with Gasteiger partial charge in [-0.05, 0) is 50.1 Å². The summed E-state index contributed by atoms with van der Waals surface area (Å²) in [6.07, 6.45) is 0.776. The second-order valence-corrected chi connectivity index (χ2v) is 5.52. The fourth-order valence-corrected chi connectivity index (χ4v) is 2.55. The molecule has 1 heterocycles. The van der Waals surface area contributed by atoms with Crippen LogP contribution in [0.15, 0.2) is 16.6 Å². The van der Waals surface area contributed by atoms with Gasteiger partial charge in [0.2, 0.25) is 5.91 Å². The first kappa shape index (κ1) is 11.6. The maximum absolute atomic E-state index is 11.9. The van der Waals surface area contributed by atoms with Gasteiger partial charge in [0, 0.05) is 10.2 Å². The summed E-state index contributed by atoms with van der Waals surface area (Å²) in [5.74, 6) is 0.0545. The van der Waals surface area contributed by atoms with Gasteiger partial charge in [0.25, 0.3) is 0 Å². The van der Waals surface area contributed by atoms with Crippen LogP contribution >= 0.6 is 15.9 Å². The van der Waals surface area contributed by atoms with Gasteiger partial charge >= 0.3 is 0 Å². The lowest BCUT2D eigenvalue weighted by Crippen LogP contribution is -2.26. The van der Waals surface area contributed by atoms with Gasteiger partial charge in [-0.15, -0.1) is 0 Å². The Morgan fingerprint density at radius 2 is 2.12 bits per heavy atom. The summed E-state index contributed by atoms with van der Waals surface area (Å²) in [6.45, 7) is 4.46. The molecule has 0 aliphatic carbocycles. The van der Waals surface area contributed by atoms with Crippen molar-refractivity contribution in [3.63, 3.8) is 0 Å². The highest BCUT2D eigenvalue weighted by atomic mass is 79.9. The topological polar surface area (TPSA) is 55.1 Å². The van der Waals surface area contributed by atoms with E-state index in [1.54, 1.807) is 0 Å². The fourth-order valence-electron chi connectivity index (χ4n) is 2.05. The highest BCUT2D eigenvalue weighted by Gasteiger charge is 2.39. The zero-order chi connectivity index (χ0) is 11.9. The monoisotopic (exact) mass is 282 g/mol. The van der Waals surface area contributed by atoms with E-state index in [-0.39, 0.29) is 5.91 Å². The highest BCUT2D eigenvalue weighted by molar-refractivity contribution is 9.10. The number of fused-ring (bicyclic) bond motifs is 1. The number of nitrogens with two attached hydrogens (primary N) is 1. The number of hydrogen-bond donors (Lipinski definition) is 2. The largest absolute Gasteiger partial charge is 0.330 e. The van der Waals surface area contributed by atoms with Gasteiger partial charge in [0.1, 0.15) is 0 Å². The van der Waals surface area contributed by atoms with Crippen molar-refractivity contribution in [2.75, 3.05) is 11.9 Å². The van der Waals surface area contributed by atoms with Crippen LogP contribution < -0.4 is 11.1 Å². The number of benzene rings is 1. The molecule has 16 heavy (non-hydrogen) atoms. The minimum Gasteiger partial charge on any atom is -0.330 e. The molecule has 1 aromatic rings. The zero-order valence-corrected chi connectivity index (χ0v) is 11.0. The summed E-state index contributed by atoms with van der Waals surface area (Å²) < 4.78 is 0.999. The molecule has 1 aliphatic rings. The number of amides is 1. The van der Waals surface area contributed by atoms with E-state index in [9.17, 15) is 4.79 Å². The first-order valence-corrected chi connectivity index (χ1v) is 6.10. The standard InChI is InChI=1S/C12H15BrN2O/c1-12(2)9-6-8(13)5-7(3-4-14)10(9)15-11(12)16/h5-6H,3-4,14H2,1-2H3,(H,15,16). The number of rotatable bonds is 2. The van der Waals surface area contributed by atoms with Gasteiger partial charge in [-0.3, -0.25) is 4.79 Å². The van der Waals surface area contributed by atoms with E-state index >= 15 is 0 Å². The van der Waals surface area contributed by atoms with Crippen molar-refractivity contribution < 1.29 is 4.79 Å². The minimum absolute atomic E-state index is 0.0545. The molecule has 3 N–H and O–H groups in total. The number of carbonyl (C=O) groups excluding carboxylic acids is 1. The molecule has 0 radical (unpaired) electrons. The molecule has 0 bridgehead atoms. The van der Waals surface area contributed by atoms with Crippen molar-refractivity contribution in [1.82, 2.24) is 0 Å². The van der Waals surface area contributed by atoms with E-state index < -0.39 is 5.41 Å². The normalized spacial score (nSPS) is 17.1. The molecular weight excluding hydrogens is 268 g/mol. The smallest absolute Gasteiger partial charge is 0.234 e. The van der Waals surface area contributed by atoms with Crippen LogP contribution in [0.1, 0.15) is 25.0 Å². The summed E-state index contributed by atoms with van der Waals surface area (Å²) in [4.78, 5) is 11.9. The first-order chi connectivity index (χ1) is 7.46. The molecule has 2 rings (SSSR count). The molecule has 1 aromatic carbocycles. The molecule has 86 valence electrons. The summed E-state index contributed by atoms with van der Waals surface area (Å²) in [7, 11) is 0. The Hall–Kier alpha value is -0.870. The molecule has 4 heteroatoms. The van der Waals surface area contributed by atoms with E-state index in [1.165, 1.54) is 0 Å². The van der Waals surface area contributed by atoms with E-state index in [0.29, 0.717) is 6.54 Å². The third kappa shape index (κ3) is 1.66. The third-order valence-electron chi connectivity index (χ3n) is 3.08. The van der Waals surface area contributed by atoms with Crippen molar-refractivity contribution in [3.8, 4) is 0 Å². The van der Waals surface area contributed by atoms with Crippen LogP contribution in [0.3, 0.4) is 0 Å². The number of nitrogens with one attached hydrogen (secondary N) is 1. The van der Waals surface area contributed by atoms with Crippen molar-refractivity contribution in [1.29, 1.82) is 0 Å². The summed E-state index contributed by atoms with van der Waals surface area (Å²) >= 11 is 3.48. The predicted octanol–water partition coefficient (Wildman–Crippen LogP) is 2.18. The number of anilines is 1. The second kappa shape index (κ2) is 3.86. The van der Waals surface area contributed by atoms with Crippen LogP contribution in [0.5, 0.6) is 0 Å². The summed E-state index contributed by atoms with van der Waals surface area (Å²) in [5.41, 5.74) is 8.22. The molecule has 0 unspecified atom stereocenters. The minimum atomic E-state index is -0.456. The molecular formula is C12H15BrN2O. The maximum atomic E-state index is 11.9. The average Bonchev–Trinajstić information content (AvgIpc) is 2.41. The van der Waals surface area contributed by atoms with E-state index in [1.807, 2.05) is 26.0 Å². The quantitative estimate of drug-likeness (QED) is 0.874. The lowest BCUT2D eigenvalue weighted by atomic mass is 9.85. The second-order valence-electron chi connectivity index (χ2n) is 4.61. The molecule has 1 amide bonds. The fraction of sp³-hybridized carbons (Fsp3) is 0.417. The third-order valence-corrected chi connectivity index (χ3v) is 3.54. The molecule has 0 fully saturated rings. The Balaban J connectivity index is 2.60. The van der Waals surface area contributed by atoms with E-state index in [0.717, 1.165) is 27.7 Å². The van der Waals surface area contributed by atoms with Crippen LogP contribution in [-0.4, -0.2) is 12.5 Å². The molecule has 1 aliphatic heterocycles. The van der Waals surface area contributed by atoms with Gasteiger partial charge in [0.15, 0.2) is 0 Å². The lowest BCUT2D eigenvalue weighted by Gasteiger charge is -2.16. The average molecular weight is 283 g/mol. The maximum Gasteiger partial charge on any atom is 0.234 e. The van der Waals surface area contributed by atoms with E-state index in [4.69, 9.17) is 5.73 Å². The van der Waals surface area contributed by atoms with Crippen LogP contribution in [0.4, 0.5) is 5.69 Å². The highest BCUT2D eigenvalue weighted by Crippen LogP contribution is 2.41. The number of hydrogen-bond acceptors (Lipinski definition) is 2. The van der Waals surface area contributed by atoms with Crippen molar-refractivity contribution in [2.24, 2.45) is 5.73 Å². The van der Waals surface area contributed by atoms with Gasteiger partial charge in [-0.25, -0.2) is 0 Å². The molecule has 0 spiro atoms. The summed E-state index contributed by atoms with van der Waals surface area (Å²) in [6, 6.07) is 4.03. The number of carbonyl (C=O) groups is 1. The van der Waals surface area contributed by atoms with Crippen LogP contribution in [-0.2, 0) is 16.6 Å². The Morgan fingerprint density at radius 3 is 2.75 bits per heavy atom. The number of halogens is 1. The Kier molecular flexibility index (Phi) is 2.80. The SMILES string of the molecule is CC1(C)C(=O)Nc2c(CCN)cc(Br)cc21. The predicted molar refractivity (Wildman–Crippen MR) is 68.6 cm³/mol. The van der Waals surface area contributed by atoms with Crippen molar-refractivity contribution in [3.05, 3.63) is 27.7 Å². The lowest BCUT2D eigenvalue weighted by molar-refractivity contribution is -0.119. The molecule has 3 nitrogen and oxygen atoms in total. The molecule has 0 aromatic heterocycles. The van der Waals surface area contributed by atoms with Crippen LogP contribution in [0.25, 0.3) is 0 Å². The molecule has 0 saturated heterocycles. The molecule has 0 saturated carbocycles. The zero-order valence-electron chi connectivity index (χ0n) is 9.43.